The third-order valence-corrected chi connectivity index (χ3v) is 6.48. The SMILES string of the molecule is CCCCCCCCCC(=O)OC[C@H](COP(=O)(O)OC1C(O)C(O)C(O)[C@@H](O)C1O)OC(C)=O. The van der Waals surface area contributed by atoms with Gasteiger partial charge in [0.15, 0.2) is 6.10 Å². The summed E-state index contributed by atoms with van der Waals surface area (Å²) in [7, 11) is -5.04. The van der Waals surface area contributed by atoms with Gasteiger partial charge in [-0.25, -0.2) is 4.57 Å². The van der Waals surface area contributed by atoms with Crippen LogP contribution in [0.3, 0.4) is 0 Å². The van der Waals surface area contributed by atoms with Gasteiger partial charge in [-0.05, 0) is 6.42 Å². The highest BCUT2D eigenvalue weighted by Crippen LogP contribution is 2.47. The average Bonchev–Trinajstić information content (AvgIpc) is 2.80. The largest absolute Gasteiger partial charge is 0.472 e. The van der Waals surface area contributed by atoms with Gasteiger partial charge >= 0.3 is 19.8 Å². The van der Waals surface area contributed by atoms with E-state index in [2.05, 4.69) is 11.4 Å². The van der Waals surface area contributed by atoms with Crippen molar-refractivity contribution in [1.82, 2.24) is 0 Å². The summed E-state index contributed by atoms with van der Waals surface area (Å²) in [5, 5.41) is 48.8. The minimum Gasteiger partial charge on any atom is -0.462 e. The molecule has 206 valence electrons. The number of aliphatic hydroxyl groups excluding tert-OH is 5. The number of hydrogen-bond acceptors (Lipinski definition) is 12. The van der Waals surface area contributed by atoms with Crippen LogP contribution in [0.25, 0.3) is 0 Å². The van der Waals surface area contributed by atoms with Crippen molar-refractivity contribution in [3.8, 4) is 0 Å². The van der Waals surface area contributed by atoms with Crippen molar-refractivity contribution in [1.29, 1.82) is 0 Å². The molecule has 0 amide bonds. The number of hydrogen-bond donors (Lipinski definition) is 6. The number of aliphatic hydroxyl groups is 5. The molecule has 0 spiro atoms. The quantitative estimate of drug-likeness (QED) is 0.0877. The van der Waals surface area contributed by atoms with E-state index in [1.807, 2.05) is 0 Å². The molecule has 0 radical (unpaired) electrons. The molecule has 1 aliphatic carbocycles. The van der Waals surface area contributed by atoms with E-state index in [-0.39, 0.29) is 6.42 Å². The maximum Gasteiger partial charge on any atom is 0.472 e. The van der Waals surface area contributed by atoms with Crippen molar-refractivity contribution in [3.63, 3.8) is 0 Å². The fraction of sp³-hybridized carbons (Fsp3) is 0.905. The molecule has 0 aromatic heterocycles. The lowest BCUT2D eigenvalue weighted by atomic mass is 9.85. The normalized spacial score (nSPS) is 29.3. The number of carbonyl (C=O) groups excluding carboxylic acids is 2. The van der Waals surface area contributed by atoms with E-state index in [4.69, 9.17) is 14.0 Å². The van der Waals surface area contributed by atoms with Gasteiger partial charge in [0.25, 0.3) is 0 Å². The minimum absolute atomic E-state index is 0.164. The highest BCUT2D eigenvalue weighted by molar-refractivity contribution is 7.47. The zero-order chi connectivity index (χ0) is 26.6. The number of ether oxygens (including phenoxy) is 2. The molecule has 1 fully saturated rings. The lowest BCUT2D eigenvalue weighted by Crippen LogP contribution is -2.64. The smallest absolute Gasteiger partial charge is 0.462 e. The van der Waals surface area contributed by atoms with Crippen molar-refractivity contribution in [3.05, 3.63) is 0 Å². The van der Waals surface area contributed by atoms with Crippen LogP contribution in [-0.4, -0.2) is 98.3 Å². The van der Waals surface area contributed by atoms with Crippen molar-refractivity contribution in [2.75, 3.05) is 13.2 Å². The maximum absolute atomic E-state index is 12.3. The summed E-state index contributed by atoms with van der Waals surface area (Å²) in [5.41, 5.74) is 0. The maximum atomic E-state index is 12.3. The first-order valence-corrected chi connectivity index (χ1v) is 13.3. The van der Waals surface area contributed by atoms with E-state index in [0.29, 0.717) is 6.42 Å². The van der Waals surface area contributed by atoms with Crippen LogP contribution in [0, 0.1) is 0 Å². The van der Waals surface area contributed by atoms with Gasteiger partial charge < -0.3 is 39.9 Å². The van der Waals surface area contributed by atoms with E-state index in [1.54, 1.807) is 0 Å². The topological polar surface area (TPSA) is 210 Å². The Morgan fingerprint density at radius 3 is 1.89 bits per heavy atom. The van der Waals surface area contributed by atoms with Crippen LogP contribution >= 0.6 is 7.82 Å². The molecule has 1 saturated carbocycles. The Labute approximate surface area is 204 Å². The van der Waals surface area contributed by atoms with Crippen molar-refractivity contribution in [2.45, 2.75) is 108 Å². The molecule has 14 heteroatoms. The fourth-order valence-corrected chi connectivity index (χ4v) is 4.49. The van der Waals surface area contributed by atoms with E-state index >= 15 is 0 Å². The lowest BCUT2D eigenvalue weighted by molar-refractivity contribution is -0.220. The molecule has 35 heavy (non-hydrogen) atoms. The third-order valence-electron chi connectivity index (χ3n) is 5.50. The molecule has 0 saturated heterocycles. The summed E-state index contributed by atoms with van der Waals surface area (Å²) in [6.07, 6.45) is -5.85. The van der Waals surface area contributed by atoms with Crippen LogP contribution in [0.4, 0.5) is 0 Å². The number of phosphoric ester groups is 1. The molecule has 0 aliphatic heterocycles. The number of esters is 2. The first-order valence-electron chi connectivity index (χ1n) is 11.8. The van der Waals surface area contributed by atoms with Gasteiger partial charge in [-0.2, -0.15) is 0 Å². The van der Waals surface area contributed by atoms with Crippen molar-refractivity contribution >= 4 is 19.8 Å². The van der Waals surface area contributed by atoms with Gasteiger partial charge in [0.2, 0.25) is 0 Å². The summed E-state index contributed by atoms with van der Waals surface area (Å²) < 4.78 is 31.7. The van der Waals surface area contributed by atoms with Gasteiger partial charge in [-0.15, -0.1) is 0 Å². The Hall–Kier alpha value is -1.15. The number of rotatable bonds is 16. The summed E-state index contributed by atoms with van der Waals surface area (Å²) >= 11 is 0. The Balaban J connectivity index is 2.51. The molecule has 0 aromatic carbocycles. The molecule has 0 heterocycles. The Kier molecular flexibility index (Phi) is 14.4. The Bertz CT molecular complexity index is 674. The average molecular weight is 531 g/mol. The standard InChI is InChI=1S/C21H39O13P/c1-3-4-5-6-7-8-9-10-15(23)31-11-14(33-13(2)22)12-32-35(29,30)34-21-19(27)17(25)16(24)18(26)20(21)28/h14,16-21,24-28H,3-12H2,1-2H3,(H,29,30)/t14-,16?,17-,18?,19?,20?,21?/m1/s1. The van der Waals surface area contributed by atoms with Crippen LogP contribution in [-0.2, 0) is 32.7 Å². The van der Waals surface area contributed by atoms with E-state index < -0.39 is 75.7 Å². The predicted octanol–water partition coefficient (Wildman–Crippen LogP) is -0.0777. The molecule has 6 N–H and O–H groups in total. The van der Waals surface area contributed by atoms with Gasteiger partial charge in [-0.1, -0.05) is 45.4 Å². The minimum atomic E-state index is -5.04. The molecule has 6 unspecified atom stereocenters. The third kappa shape index (κ3) is 11.6. The zero-order valence-corrected chi connectivity index (χ0v) is 21.0. The molecule has 8 atom stereocenters. The molecular formula is C21H39O13P. The van der Waals surface area contributed by atoms with Crippen LogP contribution in [0.15, 0.2) is 0 Å². The van der Waals surface area contributed by atoms with Gasteiger partial charge in [0.05, 0.1) is 6.61 Å². The second kappa shape index (κ2) is 15.9. The van der Waals surface area contributed by atoms with Crippen LogP contribution in [0.1, 0.15) is 65.2 Å². The van der Waals surface area contributed by atoms with E-state index in [9.17, 15) is 44.6 Å². The molecular weight excluding hydrogens is 491 g/mol. The molecule has 0 bridgehead atoms. The highest BCUT2D eigenvalue weighted by atomic mass is 31.2. The van der Waals surface area contributed by atoms with Gasteiger partial charge in [0, 0.05) is 13.3 Å². The zero-order valence-electron chi connectivity index (χ0n) is 20.1. The Morgan fingerprint density at radius 2 is 1.34 bits per heavy atom. The van der Waals surface area contributed by atoms with Crippen molar-refractivity contribution < 1.29 is 63.1 Å². The van der Waals surface area contributed by atoms with Gasteiger partial charge in [0.1, 0.15) is 43.2 Å². The second-order valence-corrected chi connectivity index (χ2v) is 9.98. The summed E-state index contributed by atoms with van der Waals surface area (Å²) in [5.74, 6) is -1.30. The molecule has 0 aromatic rings. The fourth-order valence-electron chi connectivity index (χ4n) is 3.52. The number of phosphoric acid groups is 1. The first-order chi connectivity index (χ1) is 16.4. The van der Waals surface area contributed by atoms with E-state index in [1.165, 1.54) is 6.42 Å². The van der Waals surface area contributed by atoms with Crippen LogP contribution < -0.4 is 0 Å². The molecule has 1 aliphatic rings. The summed E-state index contributed by atoms with van der Waals surface area (Å²) in [6.45, 7) is 2.01. The van der Waals surface area contributed by atoms with Gasteiger partial charge in [-0.3, -0.25) is 18.6 Å². The lowest BCUT2D eigenvalue weighted by Gasteiger charge is -2.41. The highest BCUT2D eigenvalue weighted by Gasteiger charge is 2.51. The van der Waals surface area contributed by atoms with E-state index in [0.717, 1.165) is 39.0 Å². The monoisotopic (exact) mass is 530 g/mol. The van der Waals surface area contributed by atoms with Crippen LogP contribution in [0.2, 0.25) is 0 Å². The first kappa shape index (κ1) is 31.9. The summed E-state index contributed by atoms with van der Waals surface area (Å²) in [4.78, 5) is 33.2. The second-order valence-electron chi connectivity index (χ2n) is 8.57. The summed E-state index contributed by atoms with van der Waals surface area (Å²) in [6, 6.07) is 0. The van der Waals surface area contributed by atoms with Crippen LogP contribution in [0.5, 0.6) is 0 Å². The van der Waals surface area contributed by atoms with Crippen molar-refractivity contribution in [2.24, 2.45) is 0 Å². The molecule has 1 rings (SSSR count). The molecule has 13 nitrogen and oxygen atoms in total. The predicted molar refractivity (Wildman–Crippen MR) is 120 cm³/mol. The number of unbranched alkanes of at least 4 members (excludes halogenated alkanes) is 6. The Morgan fingerprint density at radius 1 is 0.829 bits per heavy atom. The number of carbonyl (C=O) groups is 2.